The van der Waals surface area contributed by atoms with Crippen LogP contribution in [0.15, 0.2) is 24.3 Å². The van der Waals surface area contributed by atoms with E-state index in [0.717, 1.165) is 25.3 Å². The summed E-state index contributed by atoms with van der Waals surface area (Å²) in [6.07, 6.45) is 0. The van der Waals surface area contributed by atoms with Gasteiger partial charge in [0.25, 0.3) is 0 Å². The van der Waals surface area contributed by atoms with Crippen LogP contribution >= 0.6 is 0 Å². The Morgan fingerprint density at radius 3 is 3.06 bits per heavy atom. The quantitative estimate of drug-likeness (QED) is 0.782. The lowest BCUT2D eigenvalue weighted by molar-refractivity contribution is 0.0601. The van der Waals surface area contributed by atoms with Crippen LogP contribution in [0.25, 0.3) is 0 Å². The van der Waals surface area contributed by atoms with E-state index in [1.54, 1.807) is 6.07 Å². The number of nitrogens with one attached hydrogen (secondary N) is 1. The molecule has 0 aliphatic carbocycles. The summed E-state index contributed by atoms with van der Waals surface area (Å²) in [6, 6.07) is 8.08. The number of esters is 1. The standard InChI is InChI=1S/C13H18N2O2/c1-10-9-15(7-6-14-10)12-5-3-4-11(8-12)13(16)17-2/h3-5,8,10,14H,6-7,9H2,1-2H3. The van der Waals surface area contributed by atoms with Crippen molar-refractivity contribution in [3.8, 4) is 0 Å². The van der Waals surface area contributed by atoms with Gasteiger partial charge >= 0.3 is 5.97 Å². The van der Waals surface area contributed by atoms with E-state index in [9.17, 15) is 4.79 Å². The molecule has 1 N–H and O–H groups in total. The van der Waals surface area contributed by atoms with Crippen LogP contribution < -0.4 is 10.2 Å². The number of nitrogens with zero attached hydrogens (tertiary/aromatic N) is 1. The van der Waals surface area contributed by atoms with Gasteiger partial charge in [-0.15, -0.1) is 0 Å². The largest absolute Gasteiger partial charge is 0.465 e. The maximum atomic E-state index is 11.5. The lowest BCUT2D eigenvalue weighted by Crippen LogP contribution is -2.49. The number of hydrogen-bond acceptors (Lipinski definition) is 4. The van der Waals surface area contributed by atoms with Gasteiger partial charge in [-0.05, 0) is 25.1 Å². The lowest BCUT2D eigenvalue weighted by atomic mass is 10.1. The van der Waals surface area contributed by atoms with Crippen LogP contribution in [0.4, 0.5) is 5.69 Å². The number of benzene rings is 1. The summed E-state index contributed by atoms with van der Waals surface area (Å²) in [5.74, 6) is -0.282. The zero-order chi connectivity index (χ0) is 12.3. The number of methoxy groups -OCH3 is 1. The second-order valence-electron chi connectivity index (χ2n) is 4.34. The molecular weight excluding hydrogens is 216 g/mol. The number of carbonyl (C=O) groups excluding carboxylic acids is 1. The molecule has 1 saturated heterocycles. The van der Waals surface area contributed by atoms with E-state index in [1.807, 2.05) is 18.2 Å². The van der Waals surface area contributed by atoms with E-state index < -0.39 is 0 Å². The molecule has 1 fully saturated rings. The number of hydrogen-bond donors (Lipinski definition) is 1. The highest BCUT2D eigenvalue weighted by Crippen LogP contribution is 2.18. The molecule has 0 bridgehead atoms. The Kier molecular flexibility index (Phi) is 3.64. The number of rotatable bonds is 2. The zero-order valence-corrected chi connectivity index (χ0v) is 10.3. The third-order valence-corrected chi connectivity index (χ3v) is 3.00. The van der Waals surface area contributed by atoms with Crippen LogP contribution in [-0.4, -0.2) is 38.8 Å². The van der Waals surface area contributed by atoms with Crippen LogP contribution in [-0.2, 0) is 4.74 Å². The minimum Gasteiger partial charge on any atom is -0.465 e. The monoisotopic (exact) mass is 234 g/mol. The van der Waals surface area contributed by atoms with Crippen LogP contribution in [0.3, 0.4) is 0 Å². The van der Waals surface area contributed by atoms with Gasteiger partial charge in [-0.25, -0.2) is 4.79 Å². The van der Waals surface area contributed by atoms with E-state index in [2.05, 4.69) is 17.1 Å². The SMILES string of the molecule is COC(=O)c1cccc(N2CCNC(C)C2)c1. The van der Waals surface area contributed by atoms with Crippen molar-refractivity contribution in [3.05, 3.63) is 29.8 Å². The number of ether oxygens (including phenoxy) is 1. The fourth-order valence-electron chi connectivity index (χ4n) is 2.11. The molecule has 1 aromatic rings. The van der Waals surface area contributed by atoms with Gasteiger partial charge in [0.1, 0.15) is 0 Å². The van der Waals surface area contributed by atoms with E-state index in [-0.39, 0.29) is 5.97 Å². The van der Waals surface area contributed by atoms with Crippen LogP contribution in [0, 0.1) is 0 Å². The molecule has 0 spiro atoms. The van der Waals surface area contributed by atoms with Crippen molar-refractivity contribution in [1.82, 2.24) is 5.32 Å². The topological polar surface area (TPSA) is 41.6 Å². The molecule has 1 aliphatic heterocycles. The van der Waals surface area contributed by atoms with E-state index in [1.165, 1.54) is 7.11 Å². The molecule has 92 valence electrons. The van der Waals surface area contributed by atoms with Gasteiger partial charge in [0.2, 0.25) is 0 Å². The van der Waals surface area contributed by atoms with Gasteiger partial charge in [-0.3, -0.25) is 0 Å². The van der Waals surface area contributed by atoms with E-state index in [0.29, 0.717) is 11.6 Å². The summed E-state index contributed by atoms with van der Waals surface area (Å²) < 4.78 is 4.73. The van der Waals surface area contributed by atoms with Crippen molar-refractivity contribution in [1.29, 1.82) is 0 Å². The van der Waals surface area contributed by atoms with Crippen LogP contribution in [0.1, 0.15) is 17.3 Å². The average molecular weight is 234 g/mol. The molecule has 1 heterocycles. The first-order chi connectivity index (χ1) is 8.20. The summed E-state index contributed by atoms with van der Waals surface area (Å²) in [5.41, 5.74) is 1.69. The molecule has 0 amide bonds. The third kappa shape index (κ3) is 2.77. The van der Waals surface area contributed by atoms with Crippen molar-refractivity contribution in [2.24, 2.45) is 0 Å². The fraction of sp³-hybridized carbons (Fsp3) is 0.462. The molecule has 4 nitrogen and oxygen atoms in total. The molecular formula is C13H18N2O2. The number of anilines is 1. The predicted octanol–water partition coefficient (Wildman–Crippen LogP) is 1.27. The molecule has 2 rings (SSSR count). The number of piperazine rings is 1. The van der Waals surface area contributed by atoms with Crippen molar-refractivity contribution < 1.29 is 9.53 Å². The minimum atomic E-state index is -0.282. The van der Waals surface area contributed by atoms with Gasteiger partial charge in [0, 0.05) is 31.4 Å². The van der Waals surface area contributed by atoms with Crippen LogP contribution in [0.2, 0.25) is 0 Å². The van der Waals surface area contributed by atoms with Crippen LogP contribution in [0.5, 0.6) is 0 Å². The van der Waals surface area contributed by atoms with Gasteiger partial charge in [0.05, 0.1) is 12.7 Å². The molecule has 17 heavy (non-hydrogen) atoms. The summed E-state index contributed by atoms with van der Waals surface area (Å²) in [4.78, 5) is 13.7. The lowest BCUT2D eigenvalue weighted by Gasteiger charge is -2.33. The third-order valence-electron chi connectivity index (χ3n) is 3.00. The molecule has 1 unspecified atom stereocenters. The molecule has 1 aliphatic rings. The second-order valence-corrected chi connectivity index (χ2v) is 4.34. The average Bonchev–Trinajstić information content (AvgIpc) is 2.38. The Balaban J connectivity index is 2.17. The summed E-state index contributed by atoms with van der Waals surface area (Å²) >= 11 is 0. The van der Waals surface area contributed by atoms with Crippen molar-refractivity contribution in [3.63, 3.8) is 0 Å². The Bertz CT molecular complexity index is 406. The Labute approximate surface area is 102 Å². The highest BCUT2D eigenvalue weighted by atomic mass is 16.5. The minimum absolute atomic E-state index is 0.282. The molecule has 0 saturated carbocycles. The molecule has 1 atom stereocenters. The maximum Gasteiger partial charge on any atom is 0.337 e. The summed E-state index contributed by atoms with van der Waals surface area (Å²) in [5, 5.41) is 3.40. The van der Waals surface area contributed by atoms with Gasteiger partial charge in [-0.2, -0.15) is 0 Å². The molecule has 0 radical (unpaired) electrons. The first kappa shape index (κ1) is 11.9. The first-order valence-corrected chi connectivity index (χ1v) is 5.87. The maximum absolute atomic E-state index is 11.5. The van der Waals surface area contributed by atoms with E-state index >= 15 is 0 Å². The summed E-state index contributed by atoms with van der Waals surface area (Å²) in [6.45, 7) is 5.07. The van der Waals surface area contributed by atoms with Crippen molar-refractivity contribution in [2.45, 2.75) is 13.0 Å². The molecule has 4 heteroatoms. The Morgan fingerprint density at radius 2 is 2.35 bits per heavy atom. The van der Waals surface area contributed by atoms with Crippen molar-refractivity contribution in [2.75, 3.05) is 31.6 Å². The van der Waals surface area contributed by atoms with Gasteiger partial charge < -0.3 is 15.0 Å². The highest BCUT2D eigenvalue weighted by Gasteiger charge is 2.16. The Morgan fingerprint density at radius 1 is 1.53 bits per heavy atom. The fourth-order valence-corrected chi connectivity index (χ4v) is 2.11. The zero-order valence-electron chi connectivity index (χ0n) is 10.3. The van der Waals surface area contributed by atoms with E-state index in [4.69, 9.17) is 4.74 Å². The second kappa shape index (κ2) is 5.19. The van der Waals surface area contributed by atoms with Gasteiger partial charge in [0.15, 0.2) is 0 Å². The normalized spacial score (nSPS) is 20.1. The molecule has 0 aromatic heterocycles. The predicted molar refractivity (Wildman–Crippen MR) is 67.5 cm³/mol. The molecule has 1 aromatic carbocycles. The Hall–Kier alpha value is -1.55. The highest BCUT2D eigenvalue weighted by molar-refractivity contribution is 5.90. The summed E-state index contributed by atoms with van der Waals surface area (Å²) in [7, 11) is 1.40. The number of carbonyl (C=O) groups is 1. The first-order valence-electron chi connectivity index (χ1n) is 5.87. The van der Waals surface area contributed by atoms with Crippen molar-refractivity contribution >= 4 is 11.7 Å². The van der Waals surface area contributed by atoms with Gasteiger partial charge in [-0.1, -0.05) is 6.07 Å². The smallest absolute Gasteiger partial charge is 0.337 e.